The first-order valence-corrected chi connectivity index (χ1v) is 8.88. The van der Waals surface area contributed by atoms with E-state index >= 15 is 0 Å². The first kappa shape index (κ1) is 18.6. The Hall–Kier alpha value is -3.19. The fraction of sp³-hybridized carbons (Fsp3) is 0.100. The van der Waals surface area contributed by atoms with E-state index in [1.165, 1.54) is 29.9 Å². The third-order valence-electron chi connectivity index (χ3n) is 3.83. The Morgan fingerprint density at radius 2 is 2.00 bits per heavy atom. The Morgan fingerprint density at radius 1 is 1.22 bits per heavy atom. The van der Waals surface area contributed by atoms with Crippen LogP contribution in [0.4, 0.5) is 10.1 Å². The average Bonchev–Trinajstić information content (AvgIpc) is 2.90. The minimum absolute atomic E-state index is 0.249. The number of amides is 1. The van der Waals surface area contributed by atoms with Crippen molar-refractivity contribution in [2.75, 3.05) is 12.4 Å². The summed E-state index contributed by atoms with van der Waals surface area (Å²) in [7, 11) is 3.11. The number of ether oxygens (including phenoxy) is 1. The summed E-state index contributed by atoms with van der Waals surface area (Å²) >= 11 is 1.16. The van der Waals surface area contributed by atoms with Crippen LogP contribution in [0.15, 0.2) is 53.3 Å². The first-order chi connectivity index (χ1) is 13.0. The zero-order chi connectivity index (χ0) is 19.4. The Balaban J connectivity index is 1.95. The highest BCUT2D eigenvalue weighted by Crippen LogP contribution is 2.22. The van der Waals surface area contributed by atoms with Gasteiger partial charge in [-0.2, -0.15) is 0 Å². The number of halogens is 1. The second-order valence-electron chi connectivity index (χ2n) is 5.70. The molecule has 1 aromatic heterocycles. The summed E-state index contributed by atoms with van der Waals surface area (Å²) in [5.41, 5.74) is 0.869. The molecular weight excluding hydrogens is 367 g/mol. The van der Waals surface area contributed by atoms with Crippen molar-refractivity contribution in [3.05, 3.63) is 79.5 Å². The molecule has 3 rings (SSSR count). The Labute approximate surface area is 158 Å². The third kappa shape index (κ3) is 4.32. The molecule has 0 aliphatic heterocycles. The van der Waals surface area contributed by atoms with Gasteiger partial charge in [0.2, 0.25) is 0 Å². The van der Waals surface area contributed by atoms with Gasteiger partial charge in [-0.1, -0.05) is 24.3 Å². The van der Waals surface area contributed by atoms with Gasteiger partial charge in [-0.25, -0.2) is 4.39 Å². The number of carbonyl (C=O) groups excluding carboxylic acids is 1. The van der Waals surface area contributed by atoms with Crippen LogP contribution >= 0.6 is 11.3 Å². The molecule has 0 bridgehead atoms. The molecule has 7 heteroatoms. The Bertz CT molecular complexity index is 1160. The van der Waals surface area contributed by atoms with Crippen molar-refractivity contribution >= 4 is 35.1 Å². The zero-order valence-electron chi connectivity index (χ0n) is 14.7. The topological polar surface area (TPSA) is 60.3 Å². The first-order valence-electron chi connectivity index (χ1n) is 8.07. The van der Waals surface area contributed by atoms with Crippen molar-refractivity contribution in [3.63, 3.8) is 0 Å². The lowest BCUT2D eigenvalue weighted by Crippen LogP contribution is -2.29. The lowest BCUT2D eigenvalue weighted by atomic mass is 10.2. The van der Waals surface area contributed by atoms with E-state index in [1.807, 2.05) is 0 Å². The molecule has 0 atom stereocenters. The number of carbonyl (C=O) groups is 1. The number of aromatic nitrogens is 1. The average molecular weight is 384 g/mol. The van der Waals surface area contributed by atoms with Gasteiger partial charge in [-0.3, -0.25) is 9.59 Å². The molecule has 138 valence electrons. The summed E-state index contributed by atoms with van der Waals surface area (Å²) in [5.74, 6) is -0.215. The molecule has 0 radical (unpaired) electrons. The van der Waals surface area contributed by atoms with Crippen molar-refractivity contribution in [1.82, 2.24) is 4.57 Å². The third-order valence-corrected chi connectivity index (χ3v) is 4.94. The number of rotatable bonds is 4. The molecule has 3 aromatic rings. The SMILES string of the molecule is COc1ccccc1NC(=O)/C=c1\s/c(=C\c2cccc(F)c2)c(=O)n1C. The van der Waals surface area contributed by atoms with Crippen molar-refractivity contribution < 1.29 is 13.9 Å². The van der Waals surface area contributed by atoms with Gasteiger partial charge in [0.15, 0.2) is 0 Å². The quantitative estimate of drug-likeness (QED) is 0.747. The van der Waals surface area contributed by atoms with Crippen molar-refractivity contribution in [1.29, 1.82) is 0 Å². The summed E-state index contributed by atoms with van der Waals surface area (Å²) in [5, 5.41) is 2.74. The van der Waals surface area contributed by atoms with Gasteiger partial charge in [0, 0.05) is 13.1 Å². The maximum atomic E-state index is 13.3. The second-order valence-corrected chi connectivity index (χ2v) is 6.76. The molecule has 27 heavy (non-hydrogen) atoms. The van der Waals surface area contributed by atoms with E-state index in [4.69, 9.17) is 4.74 Å². The summed E-state index contributed by atoms with van der Waals surface area (Å²) in [6.07, 6.45) is 2.95. The summed E-state index contributed by atoms with van der Waals surface area (Å²) < 4.78 is 20.8. The van der Waals surface area contributed by atoms with E-state index in [0.29, 0.717) is 26.2 Å². The number of nitrogens with one attached hydrogen (secondary N) is 1. The fourth-order valence-corrected chi connectivity index (χ4v) is 3.51. The van der Waals surface area contributed by atoms with E-state index in [9.17, 15) is 14.0 Å². The number of nitrogens with zero attached hydrogens (tertiary/aromatic N) is 1. The van der Waals surface area contributed by atoms with Crippen LogP contribution in [0.25, 0.3) is 12.2 Å². The minimum Gasteiger partial charge on any atom is -0.495 e. The molecule has 1 amide bonds. The monoisotopic (exact) mass is 384 g/mol. The number of hydrogen-bond donors (Lipinski definition) is 1. The van der Waals surface area contributed by atoms with E-state index in [2.05, 4.69) is 5.32 Å². The predicted octanol–water partition coefficient (Wildman–Crippen LogP) is 1.84. The molecule has 0 saturated heterocycles. The van der Waals surface area contributed by atoms with Crippen LogP contribution in [-0.2, 0) is 11.8 Å². The van der Waals surface area contributed by atoms with Crippen LogP contribution < -0.4 is 24.8 Å². The Kier molecular flexibility index (Phi) is 5.52. The van der Waals surface area contributed by atoms with Gasteiger partial charge in [-0.05, 0) is 35.9 Å². The molecule has 0 aliphatic rings. The van der Waals surface area contributed by atoms with Gasteiger partial charge >= 0.3 is 0 Å². The van der Waals surface area contributed by atoms with Crippen molar-refractivity contribution in [2.24, 2.45) is 7.05 Å². The summed E-state index contributed by atoms with van der Waals surface area (Å²) in [6, 6.07) is 13.0. The van der Waals surface area contributed by atoms with Crippen LogP contribution in [0.1, 0.15) is 5.56 Å². The molecule has 1 heterocycles. The maximum absolute atomic E-state index is 13.3. The maximum Gasteiger partial charge on any atom is 0.268 e. The normalized spacial score (nSPS) is 12.3. The smallest absolute Gasteiger partial charge is 0.268 e. The van der Waals surface area contributed by atoms with Crippen LogP contribution in [0, 0.1) is 5.82 Å². The van der Waals surface area contributed by atoms with E-state index < -0.39 is 0 Å². The van der Waals surface area contributed by atoms with Crippen molar-refractivity contribution in [2.45, 2.75) is 0 Å². The minimum atomic E-state index is -0.381. The number of benzene rings is 2. The molecule has 0 spiro atoms. The fourth-order valence-electron chi connectivity index (χ4n) is 2.48. The van der Waals surface area contributed by atoms with Gasteiger partial charge in [0.05, 0.1) is 17.3 Å². The molecule has 0 aliphatic carbocycles. The molecule has 0 fully saturated rings. The van der Waals surface area contributed by atoms with Gasteiger partial charge in [0.1, 0.15) is 16.2 Å². The zero-order valence-corrected chi connectivity index (χ0v) is 15.5. The Morgan fingerprint density at radius 3 is 2.74 bits per heavy atom. The number of para-hydroxylation sites is 2. The van der Waals surface area contributed by atoms with Crippen LogP contribution in [0.5, 0.6) is 5.75 Å². The highest BCUT2D eigenvalue weighted by molar-refractivity contribution is 7.07. The highest BCUT2D eigenvalue weighted by atomic mass is 32.1. The second kappa shape index (κ2) is 8.01. The lowest BCUT2D eigenvalue weighted by Gasteiger charge is -2.07. The number of methoxy groups -OCH3 is 1. The summed E-state index contributed by atoms with van der Waals surface area (Å²) in [6.45, 7) is 0. The molecule has 0 saturated carbocycles. The standard InChI is InChI=1S/C20H17FN2O3S/c1-23-19(12-18(24)22-15-8-3-4-9-16(15)26-2)27-17(20(23)25)11-13-6-5-7-14(21)10-13/h3-12H,1-2H3,(H,22,24)/b17-11-,19-12-. The highest BCUT2D eigenvalue weighted by Gasteiger charge is 2.07. The van der Waals surface area contributed by atoms with E-state index in [0.717, 1.165) is 11.3 Å². The molecule has 0 unspecified atom stereocenters. The number of anilines is 1. The molecule has 2 aromatic carbocycles. The number of thiazole rings is 1. The van der Waals surface area contributed by atoms with Crippen LogP contribution in [0.3, 0.4) is 0 Å². The van der Waals surface area contributed by atoms with Crippen molar-refractivity contribution in [3.8, 4) is 5.75 Å². The van der Waals surface area contributed by atoms with Gasteiger partial charge < -0.3 is 14.6 Å². The largest absolute Gasteiger partial charge is 0.495 e. The van der Waals surface area contributed by atoms with Gasteiger partial charge in [0.25, 0.3) is 11.5 Å². The molecular formula is C20H17FN2O3S. The van der Waals surface area contributed by atoms with E-state index in [1.54, 1.807) is 49.5 Å². The van der Waals surface area contributed by atoms with Gasteiger partial charge in [-0.15, -0.1) is 11.3 Å². The van der Waals surface area contributed by atoms with Crippen LogP contribution in [0.2, 0.25) is 0 Å². The summed E-state index contributed by atoms with van der Waals surface area (Å²) in [4.78, 5) is 24.7. The van der Waals surface area contributed by atoms with E-state index in [-0.39, 0.29) is 17.3 Å². The van der Waals surface area contributed by atoms with Crippen LogP contribution in [-0.4, -0.2) is 17.6 Å². The molecule has 1 N–H and O–H groups in total. The predicted molar refractivity (Wildman–Crippen MR) is 105 cm³/mol. The number of hydrogen-bond acceptors (Lipinski definition) is 4. The molecule has 5 nitrogen and oxygen atoms in total. The lowest BCUT2D eigenvalue weighted by molar-refractivity contribution is -0.110.